The molecule has 0 fully saturated rings. The van der Waals surface area contributed by atoms with Crippen molar-refractivity contribution in [2.75, 3.05) is 26.9 Å². The summed E-state index contributed by atoms with van der Waals surface area (Å²) in [6.07, 6.45) is 2.21. The molecule has 0 atom stereocenters. The molecule has 1 aromatic rings. The average Bonchev–Trinajstić information content (AvgIpc) is 2.46. The summed E-state index contributed by atoms with van der Waals surface area (Å²) < 4.78 is 16.2. The van der Waals surface area contributed by atoms with E-state index >= 15 is 0 Å². The minimum atomic E-state index is 0.0387. The van der Waals surface area contributed by atoms with Gasteiger partial charge in [-0.1, -0.05) is 13.3 Å². The molecular weight excluding hydrogens is 256 g/mol. The van der Waals surface area contributed by atoms with Crippen LogP contribution in [0.1, 0.15) is 30.9 Å². The van der Waals surface area contributed by atoms with Gasteiger partial charge < -0.3 is 19.9 Å². The van der Waals surface area contributed by atoms with Crippen LogP contribution < -0.4 is 10.5 Å². The van der Waals surface area contributed by atoms with Gasteiger partial charge in [0.2, 0.25) is 0 Å². The van der Waals surface area contributed by atoms with Crippen molar-refractivity contribution in [3.63, 3.8) is 0 Å². The van der Waals surface area contributed by atoms with Crippen molar-refractivity contribution >= 4 is 5.84 Å². The van der Waals surface area contributed by atoms with Crippen LogP contribution in [-0.4, -0.2) is 32.8 Å². The first kappa shape index (κ1) is 16.5. The number of nitrogen functional groups attached to an aromatic ring is 1. The zero-order valence-corrected chi connectivity index (χ0v) is 12.3. The molecule has 20 heavy (non-hydrogen) atoms. The maximum absolute atomic E-state index is 7.44. The van der Waals surface area contributed by atoms with Gasteiger partial charge in [0.05, 0.1) is 26.9 Å². The summed E-state index contributed by atoms with van der Waals surface area (Å²) in [4.78, 5) is 0. The third-order valence-corrected chi connectivity index (χ3v) is 2.86. The second-order valence-electron chi connectivity index (χ2n) is 4.46. The Hall–Kier alpha value is -1.59. The van der Waals surface area contributed by atoms with E-state index < -0.39 is 0 Å². The zero-order chi connectivity index (χ0) is 14.8. The predicted molar refractivity (Wildman–Crippen MR) is 79.4 cm³/mol. The molecule has 0 bridgehead atoms. The lowest BCUT2D eigenvalue weighted by molar-refractivity contribution is 0.0391. The van der Waals surface area contributed by atoms with Gasteiger partial charge >= 0.3 is 0 Å². The minimum Gasteiger partial charge on any atom is -0.496 e. The average molecular weight is 280 g/mol. The van der Waals surface area contributed by atoms with Crippen LogP contribution in [0, 0.1) is 5.41 Å². The van der Waals surface area contributed by atoms with Crippen molar-refractivity contribution in [2.24, 2.45) is 5.73 Å². The summed E-state index contributed by atoms with van der Waals surface area (Å²) in [5.41, 5.74) is 7.03. The van der Waals surface area contributed by atoms with Crippen LogP contribution in [0.2, 0.25) is 0 Å². The summed E-state index contributed by atoms with van der Waals surface area (Å²) >= 11 is 0. The molecule has 0 aliphatic rings. The maximum atomic E-state index is 7.44. The fourth-order valence-electron chi connectivity index (χ4n) is 1.71. The summed E-state index contributed by atoms with van der Waals surface area (Å²) in [5.74, 6) is 0.777. The van der Waals surface area contributed by atoms with Crippen molar-refractivity contribution in [3.05, 3.63) is 29.3 Å². The second kappa shape index (κ2) is 9.34. The Kier molecular flexibility index (Phi) is 7.69. The van der Waals surface area contributed by atoms with Gasteiger partial charge in [-0.3, -0.25) is 5.41 Å². The monoisotopic (exact) mass is 280 g/mol. The lowest BCUT2D eigenvalue weighted by Gasteiger charge is -2.11. The Morgan fingerprint density at radius 3 is 2.60 bits per heavy atom. The normalized spacial score (nSPS) is 10.5. The van der Waals surface area contributed by atoms with Crippen LogP contribution in [0.25, 0.3) is 0 Å². The van der Waals surface area contributed by atoms with Gasteiger partial charge in [-0.05, 0) is 24.6 Å². The molecule has 0 spiro atoms. The summed E-state index contributed by atoms with van der Waals surface area (Å²) in [5, 5.41) is 7.44. The SMILES string of the molecule is CCCCOCCOCc1cc(C(=N)N)ccc1OC. The highest BCUT2D eigenvalue weighted by Gasteiger charge is 2.06. The molecule has 0 amide bonds. The van der Waals surface area contributed by atoms with E-state index in [1.54, 1.807) is 19.2 Å². The summed E-state index contributed by atoms with van der Waals surface area (Å²) in [7, 11) is 1.61. The molecule has 5 heteroatoms. The molecule has 0 aliphatic heterocycles. The number of nitrogens with one attached hydrogen (secondary N) is 1. The van der Waals surface area contributed by atoms with E-state index in [1.165, 1.54) is 0 Å². The first-order valence-electron chi connectivity index (χ1n) is 6.85. The second-order valence-corrected chi connectivity index (χ2v) is 4.46. The Balaban J connectivity index is 2.41. The first-order valence-corrected chi connectivity index (χ1v) is 6.85. The van der Waals surface area contributed by atoms with Crippen LogP contribution in [0.5, 0.6) is 5.75 Å². The van der Waals surface area contributed by atoms with E-state index in [1.807, 2.05) is 6.07 Å². The molecule has 0 heterocycles. The van der Waals surface area contributed by atoms with Crippen molar-refractivity contribution < 1.29 is 14.2 Å². The van der Waals surface area contributed by atoms with Gasteiger partial charge in [0.25, 0.3) is 0 Å². The molecule has 3 N–H and O–H groups in total. The van der Waals surface area contributed by atoms with Crippen molar-refractivity contribution in [1.29, 1.82) is 5.41 Å². The lowest BCUT2D eigenvalue weighted by atomic mass is 10.1. The van der Waals surface area contributed by atoms with Crippen molar-refractivity contribution in [1.82, 2.24) is 0 Å². The highest BCUT2D eigenvalue weighted by atomic mass is 16.5. The molecule has 0 unspecified atom stereocenters. The standard InChI is InChI=1S/C15H24N2O3/c1-3-4-7-19-8-9-20-11-13-10-12(15(16)17)5-6-14(13)18-2/h5-6,10H,3-4,7-9,11H2,1-2H3,(H3,16,17). The zero-order valence-electron chi connectivity index (χ0n) is 12.3. The van der Waals surface area contributed by atoms with Gasteiger partial charge in [0.1, 0.15) is 11.6 Å². The third kappa shape index (κ3) is 5.59. The highest BCUT2D eigenvalue weighted by molar-refractivity contribution is 5.95. The quantitative estimate of drug-likeness (QED) is 0.392. The summed E-state index contributed by atoms with van der Waals surface area (Å²) in [6, 6.07) is 5.38. The van der Waals surface area contributed by atoms with E-state index in [9.17, 15) is 0 Å². The molecule has 1 aromatic carbocycles. The van der Waals surface area contributed by atoms with E-state index in [0.717, 1.165) is 30.8 Å². The van der Waals surface area contributed by atoms with E-state index in [-0.39, 0.29) is 5.84 Å². The molecule has 0 saturated heterocycles. The number of rotatable bonds is 10. The van der Waals surface area contributed by atoms with Crippen molar-refractivity contribution in [3.8, 4) is 5.75 Å². The van der Waals surface area contributed by atoms with Crippen LogP contribution in [0.15, 0.2) is 18.2 Å². The molecule has 1 rings (SSSR count). The Labute approximate surface area is 120 Å². The van der Waals surface area contributed by atoms with Crippen LogP contribution in [0.4, 0.5) is 0 Å². The minimum absolute atomic E-state index is 0.0387. The number of amidine groups is 1. The third-order valence-electron chi connectivity index (χ3n) is 2.86. The smallest absolute Gasteiger partial charge is 0.124 e. The van der Waals surface area contributed by atoms with Crippen molar-refractivity contribution in [2.45, 2.75) is 26.4 Å². The topological polar surface area (TPSA) is 77.6 Å². The predicted octanol–water partition coefficient (Wildman–Crippen LogP) is 2.31. The van der Waals surface area contributed by atoms with E-state index in [2.05, 4.69) is 6.92 Å². The number of benzene rings is 1. The highest BCUT2D eigenvalue weighted by Crippen LogP contribution is 2.20. The van der Waals surface area contributed by atoms with Gasteiger partial charge in [0, 0.05) is 17.7 Å². The van der Waals surface area contributed by atoms with Crippen LogP contribution in [-0.2, 0) is 16.1 Å². The lowest BCUT2D eigenvalue weighted by Crippen LogP contribution is -2.12. The molecular formula is C15H24N2O3. The molecule has 112 valence electrons. The van der Waals surface area contributed by atoms with Crippen LogP contribution >= 0.6 is 0 Å². The number of hydrogen-bond donors (Lipinski definition) is 2. The Morgan fingerprint density at radius 2 is 1.95 bits per heavy atom. The number of ether oxygens (including phenoxy) is 3. The Morgan fingerprint density at radius 1 is 1.20 bits per heavy atom. The van der Waals surface area contributed by atoms with E-state index in [4.69, 9.17) is 25.4 Å². The first-order chi connectivity index (χ1) is 9.69. The molecule has 5 nitrogen and oxygen atoms in total. The number of nitrogens with two attached hydrogens (primary N) is 1. The molecule has 0 radical (unpaired) electrons. The van der Waals surface area contributed by atoms with Crippen LogP contribution in [0.3, 0.4) is 0 Å². The van der Waals surface area contributed by atoms with E-state index in [0.29, 0.717) is 25.4 Å². The number of unbranched alkanes of at least 4 members (excludes halogenated alkanes) is 1. The van der Waals surface area contributed by atoms with Gasteiger partial charge in [-0.2, -0.15) is 0 Å². The fourth-order valence-corrected chi connectivity index (χ4v) is 1.71. The Bertz CT molecular complexity index is 422. The van der Waals surface area contributed by atoms with Gasteiger partial charge in [0.15, 0.2) is 0 Å². The number of methoxy groups -OCH3 is 1. The molecule has 0 saturated carbocycles. The van der Waals surface area contributed by atoms with Gasteiger partial charge in [-0.15, -0.1) is 0 Å². The molecule has 0 aromatic heterocycles. The maximum Gasteiger partial charge on any atom is 0.124 e. The summed E-state index contributed by atoms with van der Waals surface area (Å²) in [6.45, 7) is 4.46. The van der Waals surface area contributed by atoms with Gasteiger partial charge in [-0.25, -0.2) is 0 Å². The number of hydrogen-bond acceptors (Lipinski definition) is 4. The largest absolute Gasteiger partial charge is 0.496 e. The fraction of sp³-hybridized carbons (Fsp3) is 0.533. The molecule has 0 aliphatic carbocycles.